The molecular weight excluding hydrogens is 230 g/mol. The number of rotatable bonds is 6. The molecule has 1 rings (SSSR count). The highest BCUT2D eigenvalue weighted by molar-refractivity contribution is 5.97. The van der Waals surface area contributed by atoms with Crippen LogP contribution in [0.1, 0.15) is 36.2 Å². The average Bonchev–Trinajstić information content (AvgIpc) is 2.31. The van der Waals surface area contributed by atoms with Gasteiger partial charge in [-0.25, -0.2) is 4.79 Å². The zero-order valence-electron chi connectivity index (χ0n) is 10.9. The van der Waals surface area contributed by atoms with Crippen molar-refractivity contribution in [1.29, 1.82) is 0 Å². The average molecular weight is 251 g/mol. The summed E-state index contributed by atoms with van der Waals surface area (Å²) in [5, 5.41) is 12.2. The Kier molecular flexibility index (Phi) is 4.97. The molecule has 0 saturated carbocycles. The number of carboxylic acids is 1. The van der Waals surface area contributed by atoms with E-state index in [1.54, 1.807) is 6.07 Å². The molecule has 5 heteroatoms. The van der Waals surface area contributed by atoms with E-state index in [0.717, 1.165) is 24.9 Å². The van der Waals surface area contributed by atoms with Gasteiger partial charge in [-0.15, -0.1) is 0 Å². The van der Waals surface area contributed by atoms with Crippen molar-refractivity contribution in [3.05, 3.63) is 23.3 Å². The van der Waals surface area contributed by atoms with Crippen LogP contribution in [0.25, 0.3) is 0 Å². The molecule has 0 aliphatic carbocycles. The second-order valence-corrected chi connectivity index (χ2v) is 4.40. The van der Waals surface area contributed by atoms with Gasteiger partial charge in [-0.2, -0.15) is 0 Å². The first-order valence-electron chi connectivity index (χ1n) is 6.10. The van der Waals surface area contributed by atoms with Crippen LogP contribution in [0.5, 0.6) is 0 Å². The van der Waals surface area contributed by atoms with E-state index in [0.29, 0.717) is 11.7 Å². The highest BCUT2D eigenvalue weighted by Crippen LogP contribution is 2.25. The number of hydrogen-bond donors (Lipinski definition) is 4. The fourth-order valence-corrected chi connectivity index (χ4v) is 1.91. The van der Waals surface area contributed by atoms with Crippen LogP contribution in [-0.4, -0.2) is 23.7 Å². The van der Waals surface area contributed by atoms with E-state index in [1.165, 1.54) is 6.07 Å². The number of carboxylic acid groups (broad SMARTS) is 1. The van der Waals surface area contributed by atoms with Crippen LogP contribution in [0.4, 0.5) is 11.4 Å². The predicted molar refractivity (Wildman–Crippen MR) is 73.7 cm³/mol. The zero-order chi connectivity index (χ0) is 13.7. The van der Waals surface area contributed by atoms with Crippen molar-refractivity contribution >= 4 is 17.3 Å². The second kappa shape index (κ2) is 6.26. The number of nitrogens with one attached hydrogen (secondary N) is 1. The first-order chi connectivity index (χ1) is 8.47. The number of benzene rings is 1. The van der Waals surface area contributed by atoms with Gasteiger partial charge in [0.25, 0.3) is 0 Å². The number of carbonyl (C=O) groups is 1. The van der Waals surface area contributed by atoms with Crippen molar-refractivity contribution in [2.75, 3.05) is 18.0 Å². The van der Waals surface area contributed by atoms with Gasteiger partial charge in [0.15, 0.2) is 0 Å². The van der Waals surface area contributed by atoms with Crippen molar-refractivity contribution in [2.24, 2.45) is 0 Å². The summed E-state index contributed by atoms with van der Waals surface area (Å²) in [6, 6.07) is 3.66. The molecule has 100 valence electrons. The molecule has 0 saturated heterocycles. The summed E-state index contributed by atoms with van der Waals surface area (Å²) in [5.41, 5.74) is 13.1. The van der Waals surface area contributed by atoms with Gasteiger partial charge >= 0.3 is 5.97 Å². The van der Waals surface area contributed by atoms with E-state index >= 15 is 0 Å². The maximum Gasteiger partial charge on any atom is 0.337 e. The lowest BCUT2D eigenvalue weighted by Crippen LogP contribution is -2.26. The summed E-state index contributed by atoms with van der Waals surface area (Å²) in [6.45, 7) is 5.09. The molecule has 5 nitrogen and oxygen atoms in total. The normalized spacial score (nSPS) is 12.3. The van der Waals surface area contributed by atoms with Crippen molar-refractivity contribution in [3.8, 4) is 0 Å². The van der Waals surface area contributed by atoms with Crippen molar-refractivity contribution in [2.45, 2.75) is 32.7 Å². The van der Waals surface area contributed by atoms with Crippen LogP contribution in [0.3, 0.4) is 0 Å². The highest BCUT2D eigenvalue weighted by Gasteiger charge is 2.13. The van der Waals surface area contributed by atoms with E-state index in [9.17, 15) is 4.79 Å². The molecule has 0 radical (unpaired) electrons. The Labute approximate surface area is 107 Å². The fourth-order valence-electron chi connectivity index (χ4n) is 1.91. The summed E-state index contributed by atoms with van der Waals surface area (Å²) in [6.07, 6.45) is 1.72. The molecule has 0 aromatic heterocycles. The zero-order valence-corrected chi connectivity index (χ0v) is 10.9. The topological polar surface area (TPSA) is 101 Å². The van der Waals surface area contributed by atoms with Gasteiger partial charge < -0.3 is 21.9 Å². The third-order valence-corrected chi connectivity index (χ3v) is 3.01. The van der Waals surface area contributed by atoms with Crippen LogP contribution in [0.15, 0.2) is 12.1 Å². The molecule has 0 bridgehead atoms. The predicted octanol–water partition coefficient (Wildman–Crippen LogP) is 1.48. The van der Waals surface area contributed by atoms with E-state index < -0.39 is 5.97 Å². The molecule has 0 fully saturated rings. The molecule has 0 heterocycles. The maximum atomic E-state index is 10.9. The third-order valence-electron chi connectivity index (χ3n) is 3.01. The van der Waals surface area contributed by atoms with Crippen LogP contribution < -0.4 is 16.8 Å². The number of aryl methyl sites for hydroxylation is 1. The Bertz CT molecular complexity index is 432. The van der Waals surface area contributed by atoms with E-state index in [-0.39, 0.29) is 11.3 Å². The minimum atomic E-state index is -1.05. The Morgan fingerprint density at radius 2 is 2.06 bits per heavy atom. The minimum Gasteiger partial charge on any atom is -0.478 e. The van der Waals surface area contributed by atoms with Gasteiger partial charge in [0.1, 0.15) is 0 Å². The van der Waals surface area contributed by atoms with Crippen LogP contribution >= 0.6 is 0 Å². The first kappa shape index (κ1) is 14.3. The van der Waals surface area contributed by atoms with Crippen LogP contribution in [0.2, 0.25) is 0 Å². The largest absolute Gasteiger partial charge is 0.478 e. The maximum absolute atomic E-state index is 10.9. The first-order valence-corrected chi connectivity index (χ1v) is 6.10. The Hall–Kier alpha value is -1.75. The van der Waals surface area contributed by atoms with Gasteiger partial charge in [0, 0.05) is 6.04 Å². The number of nitrogen functional groups attached to an aromatic ring is 2. The van der Waals surface area contributed by atoms with E-state index in [4.69, 9.17) is 16.6 Å². The van der Waals surface area contributed by atoms with Crippen LogP contribution in [0, 0.1) is 0 Å². The van der Waals surface area contributed by atoms with Gasteiger partial charge in [-0.3, -0.25) is 0 Å². The minimum absolute atomic E-state index is 0.0657. The molecule has 1 aromatic rings. The molecule has 0 amide bonds. The Morgan fingerprint density at radius 3 is 2.61 bits per heavy atom. The Morgan fingerprint density at radius 1 is 1.39 bits per heavy atom. The molecule has 0 aliphatic rings. The highest BCUT2D eigenvalue weighted by atomic mass is 16.4. The molecule has 1 aromatic carbocycles. The molecule has 1 atom stereocenters. The summed E-state index contributed by atoms with van der Waals surface area (Å²) >= 11 is 0. The number of nitrogens with two attached hydrogens (primary N) is 2. The summed E-state index contributed by atoms with van der Waals surface area (Å²) < 4.78 is 0. The Balaban J connectivity index is 2.79. The van der Waals surface area contributed by atoms with E-state index in [2.05, 4.69) is 19.2 Å². The summed E-state index contributed by atoms with van der Waals surface area (Å²) in [7, 11) is 0. The number of aromatic carboxylic acids is 1. The van der Waals surface area contributed by atoms with Gasteiger partial charge in [0.05, 0.1) is 16.9 Å². The lowest BCUT2D eigenvalue weighted by atomic mass is 10.0. The van der Waals surface area contributed by atoms with Crippen molar-refractivity contribution in [3.63, 3.8) is 0 Å². The third kappa shape index (κ3) is 3.37. The monoisotopic (exact) mass is 251 g/mol. The SMILES string of the molecule is CCNC(C)CCc1ccc(C(=O)O)c(N)c1N. The van der Waals surface area contributed by atoms with Gasteiger partial charge in [-0.05, 0) is 37.9 Å². The smallest absolute Gasteiger partial charge is 0.337 e. The molecular formula is C13H21N3O2. The molecule has 1 unspecified atom stereocenters. The van der Waals surface area contributed by atoms with Crippen molar-refractivity contribution < 1.29 is 9.90 Å². The van der Waals surface area contributed by atoms with Gasteiger partial charge in [-0.1, -0.05) is 13.0 Å². The molecule has 0 aliphatic heterocycles. The fraction of sp³-hybridized carbons (Fsp3) is 0.462. The number of anilines is 2. The summed E-state index contributed by atoms with van der Waals surface area (Å²) in [5.74, 6) is -1.05. The molecule has 0 spiro atoms. The van der Waals surface area contributed by atoms with Crippen molar-refractivity contribution in [1.82, 2.24) is 5.32 Å². The lowest BCUT2D eigenvalue weighted by molar-refractivity contribution is 0.0698. The molecule has 6 N–H and O–H groups in total. The van der Waals surface area contributed by atoms with Gasteiger partial charge in [0.2, 0.25) is 0 Å². The van der Waals surface area contributed by atoms with E-state index in [1.807, 2.05) is 0 Å². The van der Waals surface area contributed by atoms with Crippen LogP contribution in [-0.2, 0) is 6.42 Å². The lowest BCUT2D eigenvalue weighted by Gasteiger charge is -2.14. The second-order valence-electron chi connectivity index (χ2n) is 4.40. The molecule has 18 heavy (non-hydrogen) atoms. The quantitative estimate of drug-likeness (QED) is 0.574. The summed E-state index contributed by atoms with van der Waals surface area (Å²) in [4.78, 5) is 10.9. The standard InChI is InChI=1S/C13H21N3O2/c1-3-16-8(2)4-5-9-6-7-10(13(17)18)12(15)11(9)14/h6-8,16H,3-5,14-15H2,1-2H3,(H,17,18). The number of hydrogen-bond acceptors (Lipinski definition) is 4.